The van der Waals surface area contributed by atoms with Crippen LogP contribution in [0.1, 0.15) is 11.8 Å². The molecule has 0 heterocycles. The van der Waals surface area contributed by atoms with Crippen molar-refractivity contribution in [2.75, 3.05) is 14.2 Å². The van der Waals surface area contributed by atoms with Gasteiger partial charge in [-0.2, -0.15) is 0 Å². The second-order valence-electron chi connectivity index (χ2n) is 2.46. The zero-order valence-electron chi connectivity index (χ0n) is 7.24. The van der Waals surface area contributed by atoms with Gasteiger partial charge in [0.15, 0.2) is 0 Å². The summed E-state index contributed by atoms with van der Waals surface area (Å²) in [5.74, 6) is 0.794. The highest BCUT2D eigenvalue weighted by Crippen LogP contribution is 2.15. The van der Waals surface area contributed by atoms with Crippen LogP contribution in [0.4, 0.5) is 0 Å². The van der Waals surface area contributed by atoms with Crippen LogP contribution >= 0.6 is 0 Å². The van der Waals surface area contributed by atoms with Gasteiger partial charge in [-0.25, -0.2) is 0 Å². The first-order valence-corrected chi connectivity index (χ1v) is 3.77. The molecule has 3 heteroatoms. The van der Waals surface area contributed by atoms with E-state index in [4.69, 9.17) is 4.74 Å². The highest BCUT2D eigenvalue weighted by Gasteiger charge is 2.02. The Balaban J connectivity index is 2.77. The predicted octanol–water partition coefficient (Wildman–Crippen LogP) is 0.906. The number of aliphatic hydroxyl groups excluding tert-OH is 1. The lowest BCUT2D eigenvalue weighted by Crippen LogP contribution is -2.14. The molecule has 0 aromatic heterocycles. The summed E-state index contributed by atoms with van der Waals surface area (Å²) < 4.78 is 4.98. The number of nitrogens with one attached hydrogen (secondary N) is 1. The van der Waals surface area contributed by atoms with E-state index in [0.717, 1.165) is 11.3 Å². The van der Waals surface area contributed by atoms with Crippen molar-refractivity contribution in [2.24, 2.45) is 0 Å². The number of benzene rings is 1. The minimum Gasteiger partial charge on any atom is -0.497 e. The highest BCUT2D eigenvalue weighted by atomic mass is 16.5. The van der Waals surface area contributed by atoms with Gasteiger partial charge in [-0.05, 0) is 24.7 Å². The number of rotatable bonds is 3. The Kier molecular flexibility index (Phi) is 3.08. The lowest BCUT2D eigenvalue weighted by atomic mass is 10.2. The predicted molar refractivity (Wildman–Crippen MR) is 47.0 cm³/mol. The van der Waals surface area contributed by atoms with E-state index in [1.165, 1.54) is 0 Å². The van der Waals surface area contributed by atoms with Gasteiger partial charge in [-0.3, -0.25) is 5.32 Å². The largest absolute Gasteiger partial charge is 0.497 e. The van der Waals surface area contributed by atoms with Gasteiger partial charge < -0.3 is 9.84 Å². The quantitative estimate of drug-likeness (QED) is 0.657. The molecule has 0 aliphatic carbocycles. The second kappa shape index (κ2) is 4.09. The molecule has 0 radical (unpaired) electrons. The first-order valence-electron chi connectivity index (χ1n) is 3.77. The Bertz CT molecular complexity index is 233. The molecule has 12 heavy (non-hydrogen) atoms. The van der Waals surface area contributed by atoms with Crippen molar-refractivity contribution < 1.29 is 9.84 Å². The van der Waals surface area contributed by atoms with E-state index < -0.39 is 6.23 Å². The van der Waals surface area contributed by atoms with E-state index in [1.54, 1.807) is 14.2 Å². The van der Waals surface area contributed by atoms with Crippen LogP contribution in [0.25, 0.3) is 0 Å². The van der Waals surface area contributed by atoms with E-state index in [1.807, 2.05) is 24.3 Å². The highest BCUT2D eigenvalue weighted by molar-refractivity contribution is 5.28. The van der Waals surface area contributed by atoms with E-state index >= 15 is 0 Å². The summed E-state index contributed by atoms with van der Waals surface area (Å²) in [6.07, 6.45) is -0.601. The average molecular weight is 167 g/mol. The molecular formula is C9H13NO2. The molecule has 0 saturated carbocycles. The van der Waals surface area contributed by atoms with Gasteiger partial charge >= 0.3 is 0 Å². The topological polar surface area (TPSA) is 41.5 Å². The number of methoxy groups -OCH3 is 1. The van der Waals surface area contributed by atoms with E-state index in [9.17, 15) is 5.11 Å². The Morgan fingerprint density at radius 1 is 1.33 bits per heavy atom. The van der Waals surface area contributed by atoms with Crippen LogP contribution in [-0.4, -0.2) is 19.3 Å². The standard InChI is InChI=1S/C9H13NO2/c1-10-9(11)7-3-5-8(12-2)6-4-7/h3-6,9-11H,1-2H3. The molecule has 66 valence electrons. The van der Waals surface area contributed by atoms with Gasteiger partial charge in [0.05, 0.1) is 7.11 Å². The molecule has 0 aliphatic rings. The van der Waals surface area contributed by atoms with Crippen molar-refractivity contribution in [1.29, 1.82) is 0 Å². The molecule has 2 N–H and O–H groups in total. The van der Waals surface area contributed by atoms with Crippen LogP contribution in [0.15, 0.2) is 24.3 Å². The molecule has 0 amide bonds. The number of hydrogen-bond acceptors (Lipinski definition) is 3. The summed E-state index contributed by atoms with van der Waals surface area (Å²) in [5.41, 5.74) is 0.832. The zero-order valence-corrected chi connectivity index (χ0v) is 7.24. The van der Waals surface area contributed by atoms with Crippen LogP contribution in [0.3, 0.4) is 0 Å². The lowest BCUT2D eigenvalue weighted by molar-refractivity contribution is 0.149. The Morgan fingerprint density at radius 2 is 1.92 bits per heavy atom. The summed E-state index contributed by atoms with van der Waals surface area (Å²) in [5, 5.41) is 12.1. The van der Waals surface area contributed by atoms with Gasteiger partial charge in [0.25, 0.3) is 0 Å². The Hall–Kier alpha value is -1.06. The minimum atomic E-state index is -0.601. The average Bonchev–Trinajstić information content (AvgIpc) is 2.17. The fraction of sp³-hybridized carbons (Fsp3) is 0.333. The third-order valence-corrected chi connectivity index (χ3v) is 1.70. The molecule has 3 nitrogen and oxygen atoms in total. The molecule has 0 spiro atoms. The maximum atomic E-state index is 9.34. The summed E-state index contributed by atoms with van der Waals surface area (Å²) in [6, 6.07) is 7.27. The summed E-state index contributed by atoms with van der Waals surface area (Å²) >= 11 is 0. The fourth-order valence-electron chi connectivity index (χ4n) is 0.953. The molecule has 1 aromatic carbocycles. The van der Waals surface area contributed by atoms with Crippen LogP contribution in [0.2, 0.25) is 0 Å². The number of hydrogen-bond donors (Lipinski definition) is 2. The lowest BCUT2D eigenvalue weighted by Gasteiger charge is -2.09. The van der Waals surface area contributed by atoms with Gasteiger partial charge in [-0.1, -0.05) is 12.1 Å². The summed E-state index contributed by atoms with van der Waals surface area (Å²) in [6.45, 7) is 0. The molecule has 1 rings (SSSR count). The maximum absolute atomic E-state index is 9.34. The first-order chi connectivity index (χ1) is 5.77. The first kappa shape index (κ1) is 9.03. The van der Waals surface area contributed by atoms with Crippen molar-refractivity contribution in [3.05, 3.63) is 29.8 Å². The second-order valence-corrected chi connectivity index (χ2v) is 2.46. The van der Waals surface area contributed by atoms with E-state index in [-0.39, 0.29) is 0 Å². The van der Waals surface area contributed by atoms with Crippen molar-refractivity contribution in [3.63, 3.8) is 0 Å². The zero-order chi connectivity index (χ0) is 8.97. The SMILES string of the molecule is CNC(O)c1ccc(OC)cc1. The third kappa shape index (κ3) is 1.96. The van der Waals surface area contributed by atoms with Gasteiger partial charge in [0.1, 0.15) is 12.0 Å². The molecule has 0 bridgehead atoms. The third-order valence-electron chi connectivity index (χ3n) is 1.70. The van der Waals surface area contributed by atoms with Crippen molar-refractivity contribution >= 4 is 0 Å². The summed E-state index contributed by atoms with van der Waals surface area (Å²) in [7, 11) is 3.32. The molecule has 0 saturated heterocycles. The molecule has 1 aromatic rings. The Morgan fingerprint density at radius 3 is 2.33 bits per heavy atom. The molecule has 0 aliphatic heterocycles. The summed E-state index contributed by atoms with van der Waals surface area (Å²) in [4.78, 5) is 0. The van der Waals surface area contributed by atoms with E-state index in [0.29, 0.717) is 0 Å². The minimum absolute atomic E-state index is 0.601. The van der Waals surface area contributed by atoms with Crippen LogP contribution in [-0.2, 0) is 0 Å². The normalized spacial score (nSPS) is 12.6. The number of aliphatic hydroxyl groups is 1. The van der Waals surface area contributed by atoms with E-state index in [2.05, 4.69) is 5.32 Å². The number of ether oxygens (including phenoxy) is 1. The molecule has 1 atom stereocenters. The van der Waals surface area contributed by atoms with Crippen molar-refractivity contribution in [1.82, 2.24) is 5.32 Å². The van der Waals surface area contributed by atoms with Crippen molar-refractivity contribution in [3.8, 4) is 5.75 Å². The molecule has 0 fully saturated rings. The molecular weight excluding hydrogens is 154 g/mol. The maximum Gasteiger partial charge on any atom is 0.130 e. The Labute approximate surface area is 72.0 Å². The van der Waals surface area contributed by atoms with Gasteiger partial charge in [-0.15, -0.1) is 0 Å². The van der Waals surface area contributed by atoms with Crippen molar-refractivity contribution in [2.45, 2.75) is 6.23 Å². The van der Waals surface area contributed by atoms with Gasteiger partial charge in [0.2, 0.25) is 0 Å². The van der Waals surface area contributed by atoms with Crippen LogP contribution in [0, 0.1) is 0 Å². The van der Waals surface area contributed by atoms with Crippen LogP contribution < -0.4 is 10.1 Å². The van der Waals surface area contributed by atoms with Gasteiger partial charge in [0, 0.05) is 0 Å². The van der Waals surface area contributed by atoms with Crippen LogP contribution in [0.5, 0.6) is 5.75 Å². The fourth-order valence-corrected chi connectivity index (χ4v) is 0.953. The monoisotopic (exact) mass is 167 g/mol. The smallest absolute Gasteiger partial charge is 0.130 e. The molecule has 1 unspecified atom stereocenters.